The Bertz CT molecular complexity index is 1050. The molecule has 0 saturated carbocycles. The maximum Gasteiger partial charge on any atom is 0.269 e. The minimum absolute atomic E-state index is 0.0100. The summed E-state index contributed by atoms with van der Waals surface area (Å²) in [4.78, 5) is 29.4. The van der Waals surface area contributed by atoms with Gasteiger partial charge >= 0.3 is 0 Å². The second kappa shape index (κ2) is 7.86. The molecule has 2 aromatic carbocycles. The molecule has 4 rings (SSSR count). The summed E-state index contributed by atoms with van der Waals surface area (Å²) in [6, 6.07) is 15.5. The molecule has 1 aliphatic carbocycles. The van der Waals surface area contributed by atoms with E-state index in [1.807, 2.05) is 30.3 Å². The van der Waals surface area contributed by atoms with Gasteiger partial charge in [0.1, 0.15) is 5.00 Å². The quantitative estimate of drug-likeness (QED) is 0.249. The Morgan fingerprint density at radius 2 is 1.75 bits per heavy atom. The zero-order valence-corrected chi connectivity index (χ0v) is 15.9. The van der Waals surface area contributed by atoms with Crippen LogP contribution in [0.25, 0.3) is 0 Å². The van der Waals surface area contributed by atoms with Crippen molar-refractivity contribution >= 4 is 34.0 Å². The fourth-order valence-corrected chi connectivity index (χ4v) is 4.66. The third-order valence-electron chi connectivity index (χ3n) is 4.85. The van der Waals surface area contributed by atoms with Crippen molar-refractivity contribution in [2.24, 2.45) is 4.99 Å². The zero-order chi connectivity index (χ0) is 19.5. The highest BCUT2D eigenvalue weighted by Gasteiger charge is 2.25. The van der Waals surface area contributed by atoms with Crippen LogP contribution in [0.5, 0.6) is 0 Å². The highest BCUT2D eigenvalue weighted by molar-refractivity contribution is 7.16. The number of carbonyl (C=O) groups excluding carboxylic acids is 1. The molecular weight excluding hydrogens is 372 g/mol. The van der Waals surface area contributed by atoms with Gasteiger partial charge in [0.05, 0.1) is 10.5 Å². The predicted molar refractivity (Wildman–Crippen MR) is 111 cm³/mol. The lowest BCUT2D eigenvalue weighted by molar-refractivity contribution is -0.384. The number of aryl methyl sites for hydroxylation is 1. The first-order valence-corrected chi connectivity index (χ1v) is 9.98. The topological polar surface area (TPSA) is 72.6 Å². The van der Waals surface area contributed by atoms with E-state index in [9.17, 15) is 14.9 Å². The van der Waals surface area contributed by atoms with Crippen LogP contribution < -0.4 is 0 Å². The number of hydrogen-bond donors (Lipinski definition) is 0. The van der Waals surface area contributed by atoms with Gasteiger partial charge in [-0.2, -0.15) is 0 Å². The number of non-ortho nitro benzene ring substituents is 1. The van der Waals surface area contributed by atoms with Crippen LogP contribution in [-0.2, 0) is 12.8 Å². The average Bonchev–Trinajstić information content (AvgIpc) is 3.11. The Morgan fingerprint density at radius 3 is 2.46 bits per heavy atom. The van der Waals surface area contributed by atoms with Crippen LogP contribution in [0.15, 0.2) is 59.6 Å². The van der Waals surface area contributed by atoms with E-state index < -0.39 is 4.92 Å². The highest BCUT2D eigenvalue weighted by Crippen LogP contribution is 2.41. The van der Waals surface area contributed by atoms with E-state index >= 15 is 0 Å². The summed E-state index contributed by atoms with van der Waals surface area (Å²) in [5.74, 6) is 0.0100. The lowest BCUT2D eigenvalue weighted by Gasteiger charge is -2.12. The zero-order valence-electron chi connectivity index (χ0n) is 15.1. The molecule has 0 unspecified atom stereocenters. The molecule has 140 valence electrons. The first-order valence-electron chi connectivity index (χ1n) is 9.16. The number of fused-ring (bicyclic) bond motifs is 1. The molecule has 1 aromatic heterocycles. The number of nitro benzene ring substituents is 1. The van der Waals surface area contributed by atoms with Gasteiger partial charge in [0.25, 0.3) is 5.69 Å². The van der Waals surface area contributed by atoms with E-state index in [0.29, 0.717) is 11.1 Å². The number of carbonyl (C=O) groups is 1. The molecule has 0 N–H and O–H groups in total. The third kappa shape index (κ3) is 3.64. The number of nitrogens with zero attached hydrogens (tertiary/aromatic N) is 2. The van der Waals surface area contributed by atoms with Gasteiger partial charge < -0.3 is 0 Å². The van der Waals surface area contributed by atoms with Crippen molar-refractivity contribution in [1.82, 2.24) is 0 Å². The summed E-state index contributed by atoms with van der Waals surface area (Å²) >= 11 is 1.59. The number of aliphatic imine (C=N–C) groups is 1. The summed E-state index contributed by atoms with van der Waals surface area (Å²) < 4.78 is 0. The van der Waals surface area contributed by atoms with Gasteiger partial charge in [0.15, 0.2) is 5.78 Å². The predicted octanol–water partition coefficient (Wildman–Crippen LogP) is 5.52. The molecule has 3 aromatic rings. The maximum absolute atomic E-state index is 13.2. The molecule has 0 spiro atoms. The third-order valence-corrected chi connectivity index (χ3v) is 6.05. The van der Waals surface area contributed by atoms with E-state index in [1.165, 1.54) is 17.0 Å². The molecular formula is C22H18N2O3S. The highest BCUT2D eigenvalue weighted by atomic mass is 32.1. The summed E-state index contributed by atoms with van der Waals surface area (Å²) in [6.45, 7) is 0. The molecule has 0 saturated heterocycles. The van der Waals surface area contributed by atoms with Crippen molar-refractivity contribution in [3.05, 3.63) is 91.8 Å². The number of hydrogen-bond acceptors (Lipinski definition) is 5. The average molecular weight is 390 g/mol. The molecule has 5 nitrogen and oxygen atoms in total. The smallest absolute Gasteiger partial charge is 0.269 e. The molecule has 28 heavy (non-hydrogen) atoms. The van der Waals surface area contributed by atoms with Gasteiger partial charge in [-0.25, -0.2) is 4.99 Å². The Labute approximate surface area is 166 Å². The number of rotatable bonds is 5. The number of ketones is 1. The molecule has 1 aliphatic rings. The minimum Gasteiger partial charge on any atom is -0.288 e. The molecule has 0 bridgehead atoms. The largest absolute Gasteiger partial charge is 0.288 e. The Kier molecular flexibility index (Phi) is 5.12. The van der Waals surface area contributed by atoms with Crippen molar-refractivity contribution in [3.63, 3.8) is 0 Å². The molecule has 0 fully saturated rings. The van der Waals surface area contributed by atoms with Crippen molar-refractivity contribution in [2.75, 3.05) is 0 Å². The van der Waals surface area contributed by atoms with Gasteiger partial charge in [-0.3, -0.25) is 14.9 Å². The van der Waals surface area contributed by atoms with Crippen LogP contribution in [-0.4, -0.2) is 16.9 Å². The van der Waals surface area contributed by atoms with Crippen LogP contribution in [0.1, 0.15) is 44.8 Å². The normalized spacial score (nSPS) is 13.4. The van der Waals surface area contributed by atoms with Crippen LogP contribution in [0, 0.1) is 10.1 Å². The second-order valence-corrected chi connectivity index (χ2v) is 7.78. The SMILES string of the molecule is O=C(c1ccccc1)c1c(N=Cc2ccc([N+](=O)[O-])cc2)sc2c1CCCC2. The van der Waals surface area contributed by atoms with Crippen molar-refractivity contribution in [1.29, 1.82) is 0 Å². The van der Waals surface area contributed by atoms with E-state index in [1.54, 1.807) is 29.7 Å². The monoisotopic (exact) mass is 390 g/mol. The molecule has 0 amide bonds. The standard InChI is InChI=1S/C22H18N2O3S/c25-21(16-6-2-1-3-7-16)20-18-8-4-5-9-19(18)28-22(20)23-14-15-10-12-17(13-11-15)24(26)27/h1-3,6-7,10-14H,4-5,8-9H2. The van der Waals surface area contributed by atoms with E-state index in [4.69, 9.17) is 0 Å². The molecule has 0 aliphatic heterocycles. The van der Waals surface area contributed by atoms with Crippen molar-refractivity contribution in [3.8, 4) is 0 Å². The molecule has 6 heteroatoms. The van der Waals surface area contributed by atoms with E-state index in [0.717, 1.165) is 41.8 Å². The van der Waals surface area contributed by atoms with Gasteiger partial charge in [0, 0.05) is 28.8 Å². The van der Waals surface area contributed by atoms with Gasteiger partial charge in [-0.15, -0.1) is 11.3 Å². The summed E-state index contributed by atoms with van der Waals surface area (Å²) in [5, 5.41) is 11.5. The van der Waals surface area contributed by atoms with E-state index in [2.05, 4.69) is 4.99 Å². The van der Waals surface area contributed by atoms with Crippen molar-refractivity contribution in [2.45, 2.75) is 25.7 Å². The Balaban J connectivity index is 1.71. The summed E-state index contributed by atoms with van der Waals surface area (Å²) in [5.41, 5.74) is 3.32. The number of benzene rings is 2. The van der Waals surface area contributed by atoms with Crippen LogP contribution in [0.3, 0.4) is 0 Å². The minimum atomic E-state index is -0.426. The van der Waals surface area contributed by atoms with Crippen LogP contribution in [0.4, 0.5) is 10.7 Å². The molecule has 0 radical (unpaired) electrons. The summed E-state index contributed by atoms with van der Waals surface area (Å²) in [6.07, 6.45) is 5.79. The molecule has 1 heterocycles. The Morgan fingerprint density at radius 1 is 1.04 bits per heavy atom. The second-order valence-electron chi connectivity index (χ2n) is 6.69. The lowest BCUT2D eigenvalue weighted by Crippen LogP contribution is -2.07. The van der Waals surface area contributed by atoms with Crippen LogP contribution in [0.2, 0.25) is 0 Å². The maximum atomic E-state index is 13.2. The van der Waals surface area contributed by atoms with Gasteiger partial charge in [0.2, 0.25) is 0 Å². The Hall–Kier alpha value is -3.12. The lowest BCUT2D eigenvalue weighted by atomic mass is 9.92. The van der Waals surface area contributed by atoms with E-state index in [-0.39, 0.29) is 11.5 Å². The fraction of sp³-hybridized carbons (Fsp3) is 0.182. The first kappa shape index (κ1) is 18.3. The molecule has 0 atom stereocenters. The number of thiophene rings is 1. The fourth-order valence-electron chi connectivity index (χ4n) is 3.43. The van der Waals surface area contributed by atoms with Crippen LogP contribution >= 0.6 is 11.3 Å². The van der Waals surface area contributed by atoms with Crippen molar-refractivity contribution < 1.29 is 9.72 Å². The van der Waals surface area contributed by atoms with Gasteiger partial charge in [-0.1, -0.05) is 30.3 Å². The van der Waals surface area contributed by atoms with Gasteiger partial charge in [-0.05, 0) is 48.9 Å². The number of nitro groups is 1. The summed E-state index contributed by atoms with van der Waals surface area (Å²) in [7, 11) is 0. The first-order chi connectivity index (χ1) is 13.6.